The smallest absolute Gasteiger partial charge is 0.0705 e. The number of rotatable bonds is 4. The molecule has 0 aromatic heterocycles. The second-order valence-corrected chi connectivity index (χ2v) is 3.98. The molecular weight excluding hydrogens is 138 g/mol. The van der Waals surface area contributed by atoms with Crippen LogP contribution in [0.2, 0.25) is 0 Å². The molecule has 1 rings (SSSR count). The first kappa shape index (κ1) is 9.01. The molecule has 0 spiro atoms. The summed E-state index contributed by atoms with van der Waals surface area (Å²) in [4.78, 5) is 5.32. The Labute approximate surface area is 69.3 Å². The molecule has 2 atom stereocenters. The van der Waals surface area contributed by atoms with Gasteiger partial charge in [0.25, 0.3) is 0 Å². The Balaban J connectivity index is 1.95. The standard InChI is InChI=1S/C9H19NO/c1-7(2)6-11-10-9-5-4-8(9)3/h7-10H,4-6H2,1-3H3. The van der Waals surface area contributed by atoms with Crippen molar-refractivity contribution >= 4 is 0 Å². The van der Waals surface area contributed by atoms with E-state index in [4.69, 9.17) is 4.84 Å². The summed E-state index contributed by atoms with van der Waals surface area (Å²) >= 11 is 0. The van der Waals surface area contributed by atoms with Crippen LogP contribution < -0.4 is 5.48 Å². The van der Waals surface area contributed by atoms with Crippen molar-refractivity contribution in [3.05, 3.63) is 0 Å². The van der Waals surface area contributed by atoms with Crippen LogP contribution in [0, 0.1) is 11.8 Å². The summed E-state index contributed by atoms with van der Waals surface area (Å²) in [6, 6.07) is 0.619. The molecule has 1 N–H and O–H groups in total. The van der Waals surface area contributed by atoms with Crippen LogP contribution in [0.1, 0.15) is 33.6 Å². The fourth-order valence-corrected chi connectivity index (χ4v) is 1.16. The van der Waals surface area contributed by atoms with Gasteiger partial charge in [-0.1, -0.05) is 20.8 Å². The van der Waals surface area contributed by atoms with Gasteiger partial charge < -0.3 is 4.84 Å². The van der Waals surface area contributed by atoms with Gasteiger partial charge in [-0.2, -0.15) is 5.48 Å². The van der Waals surface area contributed by atoms with Crippen LogP contribution in [-0.4, -0.2) is 12.6 Å². The molecule has 0 aromatic carbocycles. The van der Waals surface area contributed by atoms with Crippen molar-refractivity contribution in [2.24, 2.45) is 11.8 Å². The lowest BCUT2D eigenvalue weighted by atomic mass is 9.82. The van der Waals surface area contributed by atoms with Crippen molar-refractivity contribution in [3.63, 3.8) is 0 Å². The molecule has 2 heteroatoms. The van der Waals surface area contributed by atoms with Crippen molar-refractivity contribution in [1.82, 2.24) is 5.48 Å². The minimum atomic E-state index is 0.619. The summed E-state index contributed by atoms with van der Waals surface area (Å²) in [5.74, 6) is 1.43. The van der Waals surface area contributed by atoms with Crippen molar-refractivity contribution in [2.45, 2.75) is 39.7 Å². The maximum absolute atomic E-state index is 5.32. The van der Waals surface area contributed by atoms with E-state index in [2.05, 4.69) is 26.3 Å². The molecule has 66 valence electrons. The van der Waals surface area contributed by atoms with Crippen LogP contribution in [0.4, 0.5) is 0 Å². The molecule has 0 saturated heterocycles. The monoisotopic (exact) mass is 157 g/mol. The van der Waals surface area contributed by atoms with Gasteiger partial charge in [-0.3, -0.25) is 0 Å². The highest BCUT2D eigenvalue weighted by molar-refractivity contribution is 4.80. The first-order chi connectivity index (χ1) is 5.20. The third-order valence-electron chi connectivity index (χ3n) is 2.27. The van der Waals surface area contributed by atoms with Crippen molar-refractivity contribution in [3.8, 4) is 0 Å². The average Bonchev–Trinajstić information content (AvgIpc) is 1.94. The normalized spacial score (nSPS) is 30.5. The molecular formula is C9H19NO. The highest BCUT2D eigenvalue weighted by atomic mass is 16.6. The zero-order valence-corrected chi connectivity index (χ0v) is 7.76. The summed E-state index contributed by atoms with van der Waals surface area (Å²) in [6.45, 7) is 7.40. The van der Waals surface area contributed by atoms with E-state index in [1.807, 2.05) is 0 Å². The van der Waals surface area contributed by atoms with Crippen molar-refractivity contribution < 1.29 is 4.84 Å². The lowest BCUT2D eigenvalue weighted by Crippen LogP contribution is -2.42. The van der Waals surface area contributed by atoms with Gasteiger partial charge in [0.15, 0.2) is 0 Å². The molecule has 0 bridgehead atoms. The van der Waals surface area contributed by atoms with Crippen LogP contribution >= 0.6 is 0 Å². The Morgan fingerprint density at radius 1 is 1.45 bits per heavy atom. The quantitative estimate of drug-likeness (QED) is 0.630. The molecule has 2 unspecified atom stereocenters. The lowest BCUT2D eigenvalue weighted by Gasteiger charge is -2.34. The predicted octanol–water partition coefficient (Wildman–Crippen LogP) is 1.96. The third kappa shape index (κ3) is 2.80. The minimum absolute atomic E-state index is 0.619. The fourth-order valence-electron chi connectivity index (χ4n) is 1.16. The molecule has 0 aromatic rings. The van der Waals surface area contributed by atoms with E-state index in [0.29, 0.717) is 12.0 Å². The Bertz CT molecular complexity index is 114. The molecule has 0 radical (unpaired) electrons. The lowest BCUT2D eigenvalue weighted by molar-refractivity contribution is -0.0338. The molecule has 0 aliphatic heterocycles. The number of hydrogen-bond acceptors (Lipinski definition) is 2. The van der Waals surface area contributed by atoms with Gasteiger partial charge in [0, 0.05) is 6.04 Å². The molecule has 11 heavy (non-hydrogen) atoms. The fraction of sp³-hybridized carbons (Fsp3) is 1.00. The largest absolute Gasteiger partial charge is 0.301 e. The first-order valence-corrected chi connectivity index (χ1v) is 4.57. The Morgan fingerprint density at radius 2 is 2.18 bits per heavy atom. The average molecular weight is 157 g/mol. The topological polar surface area (TPSA) is 21.3 Å². The van der Waals surface area contributed by atoms with Gasteiger partial charge in [-0.25, -0.2) is 0 Å². The van der Waals surface area contributed by atoms with Gasteiger partial charge in [0.1, 0.15) is 0 Å². The number of hydrogen-bond donors (Lipinski definition) is 1. The van der Waals surface area contributed by atoms with Crippen LogP contribution in [0.3, 0.4) is 0 Å². The van der Waals surface area contributed by atoms with Crippen molar-refractivity contribution in [1.29, 1.82) is 0 Å². The van der Waals surface area contributed by atoms with E-state index < -0.39 is 0 Å². The van der Waals surface area contributed by atoms with Gasteiger partial charge in [-0.15, -0.1) is 0 Å². The van der Waals surface area contributed by atoms with Crippen LogP contribution in [-0.2, 0) is 4.84 Å². The van der Waals surface area contributed by atoms with E-state index in [1.54, 1.807) is 0 Å². The maximum Gasteiger partial charge on any atom is 0.0705 e. The molecule has 1 aliphatic rings. The van der Waals surface area contributed by atoms with Crippen LogP contribution in [0.15, 0.2) is 0 Å². The zero-order chi connectivity index (χ0) is 8.27. The number of hydroxylamine groups is 1. The van der Waals surface area contributed by atoms with Gasteiger partial charge in [0.2, 0.25) is 0 Å². The molecule has 2 nitrogen and oxygen atoms in total. The van der Waals surface area contributed by atoms with Gasteiger partial charge in [0.05, 0.1) is 6.61 Å². The Morgan fingerprint density at radius 3 is 2.55 bits per heavy atom. The minimum Gasteiger partial charge on any atom is -0.301 e. The SMILES string of the molecule is CC(C)CONC1CCC1C. The van der Waals surface area contributed by atoms with Crippen LogP contribution in [0.25, 0.3) is 0 Å². The van der Waals surface area contributed by atoms with Gasteiger partial charge >= 0.3 is 0 Å². The number of nitrogens with one attached hydrogen (secondary N) is 1. The molecule has 0 heterocycles. The van der Waals surface area contributed by atoms with E-state index >= 15 is 0 Å². The summed E-state index contributed by atoms with van der Waals surface area (Å²) in [5, 5.41) is 0. The van der Waals surface area contributed by atoms with E-state index in [9.17, 15) is 0 Å². The Kier molecular flexibility index (Phi) is 3.34. The highest BCUT2D eigenvalue weighted by Crippen LogP contribution is 2.26. The zero-order valence-electron chi connectivity index (χ0n) is 7.76. The molecule has 1 fully saturated rings. The van der Waals surface area contributed by atoms with E-state index in [1.165, 1.54) is 12.8 Å². The van der Waals surface area contributed by atoms with Gasteiger partial charge in [-0.05, 0) is 24.7 Å². The first-order valence-electron chi connectivity index (χ1n) is 4.57. The second kappa shape index (κ2) is 4.07. The second-order valence-electron chi connectivity index (χ2n) is 3.98. The molecule has 0 amide bonds. The van der Waals surface area contributed by atoms with E-state index in [0.717, 1.165) is 12.5 Å². The van der Waals surface area contributed by atoms with Crippen LogP contribution in [0.5, 0.6) is 0 Å². The highest BCUT2D eigenvalue weighted by Gasteiger charge is 2.26. The van der Waals surface area contributed by atoms with E-state index in [-0.39, 0.29) is 0 Å². The maximum atomic E-state index is 5.32. The summed E-state index contributed by atoms with van der Waals surface area (Å²) < 4.78 is 0. The van der Waals surface area contributed by atoms with Crippen molar-refractivity contribution in [2.75, 3.05) is 6.61 Å². The predicted molar refractivity (Wildman–Crippen MR) is 46.1 cm³/mol. The summed E-state index contributed by atoms with van der Waals surface area (Å²) in [7, 11) is 0. The summed E-state index contributed by atoms with van der Waals surface area (Å²) in [6.07, 6.45) is 2.63. The Hall–Kier alpha value is -0.0800. The molecule has 1 aliphatic carbocycles. The third-order valence-corrected chi connectivity index (χ3v) is 2.27. The summed E-state index contributed by atoms with van der Waals surface area (Å²) in [5.41, 5.74) is 3.10. The molecule has 1 saturated carbocycles.